The van der Waals surface area contributed by atoms with Crippen molar-refractivity contribution < 1.29 is 0 Å². The molecule has 2 atom stereocenters. The molecule has 0 nitrogen and oxygen atoms in total. The van der Waals surface area contributed by atoms with E-state index in [9.17, 15) is 0 Å². The normalized spacial score (nSPS) is 53.1. The molecule has 0 aromatic heterocycles. The summed E-state index contributed by atoms with van der Waals surface area (Å²) in [5.74, 6) is 0. The molecule has 1 saturated carbocycles. The van der Waals surface area contributed by atoms with E-state index in [2.05, 4.69) is 38.2 Å². The van der Waals surface area contributed by atoms with Crippen LogP contribution in [0.25, 0.3) is 0 Å². The minimum atomic E-state index is 0.516. The molecular weight excluding hydrogens is 108 g/mol. The van der Waals surface area contributed by atoms with Crippen molar-refractivity contribution in [2.75, 3.05) is 0 Å². The molecule has 0 heteroatoms. The van der Waals surface area contributed by atoms with Crippen LogP contribution in [-0.2, 0) is 0 Å². The Morgan fingerprint density at radius 3 is 1.78 bits per heavy atom. The first kappa shape index (κ1) is 5.28. The maximum Gasteiger partial charge on any atom is -0.00462 e. The van der Waals surface area contributed by atoms with E-state index in [0.29, 0.717) is 10.8 Å². The predicted molar refractivity (Wildman–Crippen MR) is 39.1 cm³/mol. The largest absolute Gasteiger partial charge is 0.0777 e. The van der Waals surface area contributed by atoms with E-state index in [4.69, 9.17) is 0 Å². The Morgan fingerprint density at radius 1 is 1.00 bits per heavy atom. The molecule has 0 bridgehead atoms. The number of rotatable bonds is 0. The summed E-state index contributed by atoms with van der Waals surface area (Å²) in [4.78, 5) is 0. The Morgan fingerprint density at radius 2 is 1.44 bits per heavy atom. The molecule has 9 heavy (non-hydrogen) atoms. The van der Waals surface area contributed by atoms with E-state index in [1.165, 1.54) is 6.42 Å². The second-order valence-electron chi connectivity index (χ2n) is 3.73. The Hall–Kier alpha value is -0.520. The van der Waals surface area contributed by atoms with E-state index < -0.39 is 0 Å². The van der Waals surface area contributed by atoms with E-state index >= 15 is 0 Å². The fourth-order valence-corrected chi connectivity index (χ4v) is 1.75. The van der Waals surface area contributed by atoms with Crippen molar-refractivity contribution in [3.63, 3.8) is 0 Å². The number of allylic oxidation sites excluding steroid dienone is 4. The molecule has 0 saturated heterocycles. The molecule has 0 aromatic carbocycles. The van der Waals surface area contributed by atoms with Crippen molar-refractivity contribution in [3.05, 3.63) is 24.3 Å². The highest BCUT2D eigenvalue weighted by Crippen LogP contribution is 2.66. The molecule has 2 aliphatic rings. The minimum absolute atomic E-state index is 0.516. The lowest BCUT2D eigenvalue weighted by Crippen LogP contribution is -2.03. The first-order valence-corrected chi connectivity index (χ1v) is 3.53. The minimum Gasteiger partial charge on any atom is -0.0777 e. The van der Waals surface area contributed by atoms with Crippen molar-refractivity contribution >= 4 is 0 Å². The summed E-state index contributed by atoms with van der Waals surface area (Å²) in [7, 11) is 0. The fraction of sp³-hybridized carbons (Fsp3) is 0.556. The monoisotopic (exact) mass is 120 g/mol. The van der Waals surface area contributed by atoms with Gasteiger partial charge in [-0.15, -0.1) is 0 Å². The average Bonchev–Trinajstić information content (AvgIpc) is 2.33. The van der Waals surface area contributed by atoms with Crippen LogP contribution in [0.15, 0.2) is 24.3 Å². The highest BCUT2D eigenvalue weighted by molar-refractivity contribution is 5.33. The van der Waals surface area contributed by atoms with E-state index in [1.807, 2.05) is 0 Å². The van der Waals surface area contributed by atoms with Gasteiger partial charge in [0.05, 0.1) is 0 Å². The van der Waals surface area contributed by atoms with Crippen LogP contribution in [-0.4, -0.2) is 0 Å². The summed E-state index contributed by atoms with van der Waals surface area (Å²) >= 11 is 0. The van der Waals surface area contributed by atoms with Gasteiger partial charge in [0.2, 0.25) is 0 Å². The van der Waals surface area contributed by atoms with Crippen LogP contribution in [0.4, 0.5) is 0 Å². The van der Waals surface area contributed by atoms with Gasteiger partial charge in [-0.25, -0.2) is 0 Å². The Kier molecular flexibility index (Phi) is 0.678. The number of hydrogen-bond donors (Lipinski definition) is 0. The van der Waals surface area contributed by atoms with Crippen molar-refractivity contribution in [1.29, 1.82) is 0 Å². The van der Waals surface area contributed by atoms with Gasteiger partial charge in [0, 0.05) is 0 Å². The molecule has 2 unspecified atom stereocenters. The lowest BCUT2D eigenvalue weighted by Gasteiger charge is -2.12. The topological polar surface area (TPSA) is 0 Å². The van der Waals surface area contributed by atoms with Gasteiger partial charge in [0.25, 0.3) is 0 Å². The Labute approximate surface area is 56.3 Å². The summed E-state index contributed by atoms with van der Waals surface area (Å²) in [6, 6.07) is 0. The zero-order chi connectivity index (χ0) is 6.54. The van der Waals surface area contributed by atoms with Crippen LogP contribution in [0.5, 0.6) is 0 Å². The van der Waals surface area contributed by atoms with Gasteiger partial charge in [-0.05, 0) is 17.3 Å². The van der Waals surface area contributed by atoms with Crippen LogP contribution in [0.2, 0.25) is 0 Å². The first-order valence-electron chi connectivity index (χ1n) is 3.53. The van der Waals surface area contributed by atoms with Crippen LogP contribution in [0, 0.1) is 10.8 Å². The van der Waals surface area contributed by atoms with Gasteiger partial charge in [-0.1, -0.05) is 38.2 Å². The van der Waals surface area contributed by atoms with Gasteiger partial charge in [0.15, 0.2) is 0 Å². The maximum atomic E-state index is 2.33. The third-order valence-electron chi connectivity index (χ3n) is 2.95. The molecule has 48 valence electrons. The molecule has 0 aromatic rings. The lowest BCUT2D eigenvalue weighted by atomic mass is 9.92. The van der Waals surface area contributed by atoms with Crippen molar-refractivity contribution in [3.8, 4) is 0 Å². The molecule has 0 heterocycles. The molecule has 2 rings (SSSR count). The second kappa shape index (κ2) is 1.16. The summed E-state index contributed by atoms with van der Waals surface area (Å²) in [5, 5.41) is 0. The summed E-state index contributed by atoms with van der Waals surface area (Å²) in [6.07, 6.45) is 10.3. The molecular formula is C9H12. The summed E-state index contributed by atoms with van der Waals surface area (Å²) in [5.41, 5.74) is 1.03. The zero-order valence-corrected chi connectivity index (χ0v) is 6.02. The average molecular weight is 120 g/mol. The molecule has 0 radical (unpaired) electrons. The van der Waals surface area contributed by atoms with Gasteiger partial charge < -0.3 is 0 Å². The van der Waals surface area contributed by atoms with Gasteiger partial charge in [-0.2, -0.15) is 0 Å². The third kappa shape index (κ3) is 0.487. The lowest BCUT2D eigenvalue weighted by molar-refractivity contribution is 0.552. The van der Waals surface area contributed by atoms with Crippen LogP contribution >= 0.6 is 0 Å². The fourth-order valence-electron chi connectivity index (χ4n) is 1.75. The van der Waals surface area contributed by atoms with Gasteiger partial charge in [-0.3, -0.25) is 0 Å². The van der Waals surface area contributed by atoms with Gasteiger partial charge >= 0.3 is 0 Å². The molecule has 0 spiro atoms. The summed E-state index contributed by atoms with van der Waals surface area (Å²) < 4.78 is 0. The van der Waals surface area contributed by atoms with E-state index in [0.717, 1.165) is 0 Å². The molecule has 2 aliphatic carbocycles. The number of fused-ring (bicyclic) bond motifs is 1. The highest BCUT2D eigenvalue weighted by Gasteiger charge is 2.57. The Bertz CT molecular complexity index is 178. The van der Waals surface area contributed by atoms with E-state index in [-0.39, 0.29) is 0 Å². The highest BCUT2D eigenvalue weighted by atomic mass is 14.6. The van der Waals surface area contributed by atoms with Crippen molar-refractivity contribution in [1.82, 2.24) is 0 Å². The van der Waals surface area contributed by atoms with Crippen LogP contribution in [0.1, 0.15) is 20.3 Å². The van der Waals surface area contributed by atoms with E-state index in [1.54, 1.807) is 0 Å². The quantitative estimate of drug-likeness (QED) is 0.461. The zero-order valence-electron chi connectivity index (χ0n) is 6.02. The van der Waals surface area contributed by atoms with Crippen molar-refractivity contribution in [2.45, 2.75) is 20.3 Å². The maximum absolute atomic E-state index is 2.33. The SMILES string of the molecule is CC12C=CC=CC1(C)C2. The first-order chi connectivity index (χ1) is 4.16. The number of hydrogen-bond acceptors (Lipinski definition) is 0. The molecule has 0 aliphatic heterocycles. The Balaban J connectivity index is 2.40. The second-order valence-corrected chi connectivity index (χ2v) is 3.73. The molecule has 0 N–H and O–H groups in total. The molecule has 0 amide bonds. The third-order valence-corrected chi connectivity index (χ3v) is 2.95. The standard InChI is InChI=1S/C9H12/c1-8-5-3-4-6-9(8,2)7-8/h3-6H,7H2,1-2H3. The van der Waals surface area contributed by atoms with Crippen molar-refractivity contribution in [2.24, 2.45) is 10.8 Å². The van der Waals surface area contributed by atoms with Crippen LogP contribution < -0.4 is 0 Å². The smallest absolute Gasteiger partial charge is 0.00462 e. The van der Waals surface area contributed by atoms with Gasteiger partial charge in [0.1, 0.15) is 0 Å². The van der Waals surface area contributed by atoms with Crippen LogP contribution in [0.3, 0.4) is 0 Å². The summed E-state index contributed by atoms with van der Waals surface area (Å²) in [6.45, 7) is 4.65. The predicted octanol–water partition coefficient (Wildman–Crippen LogP) is 2.53. The molecule has 1 fully saturated rings.